The molecule has 0 radical (unpaired) electrons. The molecule has 0 aromatic rings. The monoisotopic (exact) mass is 267 g/mol. The maximum atomic E-state index is 11.7. The highest BCUT2D eigenvalue weighted by Gasteiger charge is 2.23. The number of hydrogen-bond acceptors (Lipinski definition) is 5. The van der Waals surface area contributed by atoms with Crippen molar-refractivity contribution in [3.8, 4) is 0 Å². The normalized spacial score (nSPS) is 11.5. The van der Waals surface area contributed by atoms with Gasteiger partial charge in [-0.15, -0.1) is 0 Å². The van der Waals surface area contributed by atoms with Gasteiger partial charge in [-0.3, -0.25) is 9.59 Å². The van der Waals surface area contributed by atoms with Gasteiger partial charge >= 0.3 is 11.9 Å². The maximum Gasteiger partial charge on any atom is 0.318 e. The third-order valence-corrected chi connectivity index (χ3v) is 3.82. The molecule has 0 amide bonds. The Bertz CT molecular complexity index is 364. The highest BCUT2D eigenvalue weighted by molar-refractivity contribution is 7.89. The van der Waals surface area contributed by atoms with Crippen LogP contribution in [0.25, 0.3) is 0 Å². The summed E-state index contributed by atoms with van der Waals surface area (Å²) in [4.78, 5) is 21.5. The first kappa shape index (κ1) is 15.9. The van der Waals surface area contributed by atoms with E-state index in [-0.39, 0.29) is 19.6 Å². The molecule has 0 saturated heterocycles. The van der Waals surface area contributed by atoms with Crippen LogP contribution in [0.15, 0.2) is 0 Å². The van der Waals surface area contributed by atoms with Crippen LogP contribution >= 0.6 is 0 Å². The van der Waals surface area contributed by atoms with Crippen LogP contribution in [-0.2, 0) is 24.3 Å². The van der Waals surface area contributed by atoms with Crippen LogP contribution in [0.3, 0.4) is 0 Å². The van der Waals surface area contributed by atoms with Crippen molar-refractivity contribution >= 4 is 22.0 Å². The second-order valence-corrected chi connectivity index (χ2v) is 5.28. The van der Waals surface area contributed by atoms with Crippen molar-refractivity contribution in [2.45, 2.75) is 20.3 Å². The second kappa shape index (κ2) is 7.23. The van der Waals surface area contributed by atoms with E-state index in [1.54, 1.807) is 6.92 Å². The Hall–Kier alpha value is -1.15. The third-order valence-electron chi connectivity index (χ3n) is 1.93. The molecule has 0 heterocycles. The van der Waals surface area contributed by atoms with E-state index in [1.807, 2.05) is 0 Å². The van der Waals surface area contributed by atoms with Gasteiger partial charge in [0, 0.05) is 6.54 Å². The van der Waals surface area contributed by atoms with Crippen LogP contribution in [0.4, 0.5) is 0 Å². The molecule has 8 heteroatoms. The molecule has 0 aromatic heterocycles. The average Bonchev–Trinajstić information content (AvgIpc) is 2.23. The smallest absolute Gasteiger partial charge is 0.318 e. The Morgan fingerprint density at radius 1 is 1.29 bits per heavy atom. The van der Waals surface area contributed by atoms with E-state index >= 15 is 0 Å². The van der Waals surface area contributed by atoms with Gasteiger partial charge in [0.05, 0.1) is 18.8 Å². The first-order valence-corrected chi connectivity index (χ1v) is 6.79. The fraction of sp³-hybridized carbons (Fsp3) is 0.778. The van der Waals surface area contributed by atoms with Crippen LogP contribution in [0.2, 0.25) is 0 Å². The Balaban J connectivity index is 4.44. The van der Waals surface area contributed by atoms with E-state index in [2.05, 4.69) is 4.74 Å². The summed E-state index contributed by atoms with van der Waals surface area (Å²) in [6.07, 6.45) is -0.272. The first-order chi connectivity index (χ1) is 7.83. The maximum absolute atomic E-state index is 11.7. The van der Waals surface area contributed by atoms with Crippen molar-refractivity contribution in [3.63, 3.8) is 0 Å². The van der Waals surface area contributed by atoms with Gasteiger partial charge < -0.3 is 9.84 Å². The van der Waals surface area contributed by atoms with Crippen molar-refractivity contribution < 1.29 is 27.9 Å². The van der Waals surface area contributed by atoms with Gasteiger partial charge in [0.25, 0.3) is 0 Å². The Labute approximate surface area is 100 Å². The highest BCUT2D eigenvalue weighted by Crippen LogP contribution is 2.03. The van der Waals surface area contributed by atoms with E-state index in [4.69, 9.17) is 5.11 Å². The van der Waals surface area contributed by atoms with Crippen molar-refractivity contribution in [3.05, 3.63) is 0 Å². The van der Waals surface area contributed by atoms with E-state index in [1.165, 1.54) is 6.92 Å². The van der Waals surface area contributed by atoms with Gasteiger partial charge in [-0.05, 0) is 6.92 Å². The molecule has 100 valence electrons. The number of esters is 1. The molecule has 0 fully saturated rings. The predicted octanol–water partition coefficient (Wildman–Crippen LogP) is -0.324. The lowest BCUT2D eigenvalue weighted by atomic mass is 10.5. The van der Waals surface area contributed by atoms with Gasteiger partial charge in [0.1, 0.15) is 6.54 Å². The molecular formula is C9H17NO6S. The number of nitrogens with zero attached hydrogens (tertiary/aromatic N) is 1. The fourth-order valence-corrected chi connectivity index (χ4v) is 2.52. The zero-order chi connectivity index (χ0) is 13.5. The Morgan fingerprint density at radius 2 is 1.88 bits per heavy atom. The lowest BCUT2D eigenvalue weighted by molar-refractivity contribution is -0.142. The minimum Gasteiger partial charge on any atom is -0.480 e. The number of aliphatic carboxylic acids is 1. The SMILES string of the molecule is CCOC(=O)CCS(=O)(=O)N(CC)CC(=O)O. The summed E-state index contributed by atoms with van der Waals surface area (Å²) >= 11 is 0. The minimum atomic E-state index is -3.73. The topological polar surface area (TPSA) is 101 Å². The number of carbonyl (C=O) groups excluding carboxylic acids is 1. The van der Waals surface area contributed by atoms with Crippen LogP contribution in [0.1, 0.15) is 20.3 Å². The zero-order valence-corrected chi connectivity index (χ0v) is 10.7. The summed E-state index contributed by atoms with van der Waals surface area (Å²) < 4.78 is 28.7. The van der Waals surface area contributed by atoms with E-state index in [9.17, 15) is 18.0 Å². The molecule has 0 atom stereocenters. The lowest BCUT2D eigenvalue weighted by Crippen LogP contribution is -2.37. The van der Waals surface area contributed by atoms with Crippen LogP contribution in [-0.4, -0.2) is 55.2 Å². The number of carboxylic acids is 1. The molecule has 0 aliphatic heterocycles. The summed E-state index contributed by atoms with van der Waals surface area (Å²) in [6.45, 7) is 2.80. The largest absolute Gasteiger partial charge is 0.480 e. The third kappa shape index (κ3) is 6.22. The summed E-state index contributed by atoms with van der Waals surface area (Å²) in [6, 6.07) is 0. The van der Waals surface area contributed by atoms with Crippen LogP contribution in [0.5, 0.6) is 0 Å². The van der Waals surface area contributed by atoms with Crippen molar-refractivity contribution in [1.29, 1.82) is 0 Å². The Kier molecular flexibility index (Phi) is 6.74. The van der Waals surface area contributed by atoms with Gasteiger partial charge in [0.15, 0.2) is 0 Å². The Morgan fingerprint density at radius 3 is 2.29 bits per heavy atom. The van der Waals surface area contributed by atoms with Gasteiger partial charge in [-0.1, -0.05) is 6.92 Å². The van der Waals surface area contributed by atoms with E-state index < -0.39 is 34.3 Å². The van der Waals surface area contributed by atoms with Crippen molar-refractivity contribution in [2.24, 2.45) is 0 Å². The second-order valence-electron chi connectivity index (χ2n) is 3.19. The number of hydrogen-bond donors (Lipinski definition) is 1. The van der Waals surface area contributed by atoms with E-state index in [0.29, 0.717) is 0 Å². The summed E-state index contributed by atoms with van der Waals surface area (Å²) in [7, 11) is -3.73. The van der Waals surface area contributed by atoms with Gasteiger partial charge in [-0.25, -0.2) is 8.42 Å². The van der Waals surface area contributed by atoms with Crippen LogP contribution < -0.4 is 0 Å². The molecule has 0 rings (SSSR count). The lowest BCUT2D eigenvalue weighted by Gasteiger charge is -2.17. The molecule has 0 saturated carbocycles. The molecule has 7 nitrogen and oxygen atoms in total. The molecule has 0 bridgehead atoms. The number of carbonyl (C=O) groups is 2. The number of ether oxygens (including phenoxy) is 1. The first-order valence-electron chi connectivity index (χ1n) is 5.18. The fourth-order valence-electron chi connectivity index (χ4n) is 1.13. The molecular weight excluding hydrogens is 250 g/mol. The minimum absolute atomic E-state index is 0.0530. The van der Waals surface area contributed by atoms with Crippen molar-refractivity contribution in [1.82, 2.24) is 4.31 Å². The predicted molar refractivity (Wildman–Crippen MR) is 59.9 cm³/mol. The van der Waals surface area contributed by atoms with E-state index in [0.717, 1.165) is 4.31 Å². The summed E-state index contributed by atoms with van der Waals surface area (Å²) in [5.41, 5.74) is 0. The number of rotatable bonds is 8. The molecule has 0 unspecified atom stereocenters. The van der Waals surface area contributed by atoms with Gasteiger partial charge in [0.2, 0.25) is 10.0 Å². The zero-order valence-electron chi connectivity index (χ0n) is 9.88. The molecule has 0 aliphatic carbocycles. The van der Waals surface area contributed by atoms with Crippen LogP contribution in [0, 0.1) is 0 Å². The molecule has 1 N–H and O–H groups in total. The molecule has 0 aliphatic rings. The molecule has 0 aromatic carbocycles. The number of sulfonamides is 1. The number of carboxylic acid groups (broad SMARTS) is 1. The summed E-state index contributed by atoms with van der Waals surface area (Å²) in [5.74, 6) is -2.28. The molecule has 0 spiro atoms. The van der Waals surface area contributed by atoms with Gasteiger partial charge in [-0.2, -0.15) is 4.31 Å². The van der Waals surface area contributed by atoms with Crippen molar-refractivity contribution in [2.75, 3.05) is 25.4 Å². The quantitative estimate of drug-likeness (QED) is 0.605. The summed E-state index contributed by atoms with van der Waals surface area (Å²) in [5, 5.41) is 8.54. The highest BCUT2D eigenvalue weighted by atomic mass is 32.2. The number of likely N-dealkylation sites (N-methyl/N-ethyl adjacent to an activating group) is 1. The molecule has 17 heavy (non-hydrogen) atoms. The standard InChI is InChI=1S/C9H17NO6S/c1-3-10(7-8(11)12)17(14,15)6-5-9(13)16-4-2/h3-7H2,1-2H3,(H,11,12). The average molecular weight is 267 g/mol.